The molecular formula is C21H26ClN3O. The van der Waals surface area contributed by atoms with Crippen LogP contribution in [-0.2, 0) is 0 Å². The minimum absolute atomic E-state index is 0.612. The van der Waals surface area contributed by atoms with Gasteiger partial charge in [-0.2, -0.15) is 0 Å². The zero-order valence-electron chi connectivity index (χ0n) is 15.3. The first-order valence-electron chi connectivity index (χ1n) is 9.58. The highest BCUT2D eigenvalue weighted by Crippen LogP contribution is 2.28. The Bertz CT molecular complexity index is 745. The van der Waals surface area contributed by atoms with Gasteiger partial charge in [-0.05, 0) is 56.0 Å². The maximum absolute atomic E-state index is 6.07. The van der Waals surface area contributed by atoms with Crippen molar-refractivity contribution in [2.45, 2.75) is 38.6 Å². The van der Waals surface area contributed by atoms with Gasteiger partial charge in [0.1, 0.15) is 5.75 Å². The first kappa shape index (κ1) is 17.6. The number of benzene rings is 1. The van der Waals surface area contributed by atoms with E-state index < -0.39 is 0 Å². The molecule has 0 amide bonds. The maximum Gasteiger partial charge on any atom is 0.219 e. The van der Waals surface area contributed by atoms with Crippen molar-refractivity contribution in [1.82, 2.24) is 9.88 Å². The van der Waals surface area contributed by atoms with E-state index in [0.717, 1.165) is 42.0 Å². The molecule has 138 valence electrons. The molecule has 2 heterocycles. The van der Waals surface area contributed by atoms with Crippen LogP contribution in [0.1, 0.15) is 31.2 Å². The zero-order valence-corrected chi connectivity index (χ0v) is 16.1. The molecule has 1 aliphatic carbocycles. The highest BCUT2D eigenvalue weighted by molar-refractivity contribution is 6.31. The first-order chi connectivity index (χ1) is 12.7. The number of pyridine rings is 1. The van der Waals surface area contributed by atoms with Gasteiger partial charge in [0.05, 0.1) is 11.9 Å². The molecule has 2 aliphatic rings. The molecule has 2 fully saturated rings. The lowest BCUT2D eigenvalue weighted by molar-refractivity contribution is 0.136. The lowest BCUT2D eigenvalue weighted by Crippen LogP contribution is -2.42. The Hall–Kier alpha value is -1.78. The van der Waals surface area contributed by atoms with E-state index in [9.17, 15) is 0 Å². The van der Waals surface area contributed by atoms with Gasteiger partial charge in [-0.1, -0.05) is 18.0 Å². The molecule has 0 atom stereocenters. The van der Waals surface area contributed by atoms with Gasteiger partial charge >= 0.3 is 0 Å². The summed E-state index contributed by atoms with van der Waals surface area (Å²) in [7, 11) is 0. The van der Waals surface area contributed by atoms with E-state index in [2.05, 4.69) is 20.9 Å². The molecular weight excluding hydrogens is 346 g/mol. The fourth-order valence-electron chi connectivity index (χ4n) is 3.73. The summed E-state index contributed by atoms with van der Waals surface area (Å²) in [6, 6.07) is 10.6. The van der Waals surface area contributed by atoms with E-state index in [1.165, 1.54) is 37.9 Å². The number of hydrogen-bond donors (Lipinski definition) is 0. The monoisotopic (exact) mass is 371 g/mol. The highest BCUT2D eigenvalue weighted by Gasteiger charge is 2.26. The van der Waals surface area contributed by atoms with E-state index in [4.69, 9.17) is 16.3 Å². The van der Waals surface area contributed by atoms with Crippen LogP contribution >= 0.6 is 11.6 Å². The fourth-order valence-corrected chi connectivity index (χ4v) is 3.85. The molecule has 0 radical (unpaired) electrons. The Morgan fingerprint density at radius 2 is 1.92 bits per heavy atom. The van der Waals surface area contributed by atoms with Crippen LogP contribution < -0.4 is 9.64 Å². The van der Waals surface area contributed by atoms with Crippen molar-refractivity contribution in [2.75, 3.05) is 31.1 Å². The minimum atomic E-state index is 0.612. The van der Waals surface area contributed by atoms with Crippen molar-refractivity contribution >= 4 is 17.3 Å². The van der Waals surface area contributed by atoms with Crippen LogP contribution in [0.25, 0.3) is 0 Å². The summed E-state index contributed by atoms with van der Waals surface area (Å²) >= 11 is 6.07. The number of halogens is 1. The first-order valence-corrected chi connectivity index (χ1v) is 9.96. The Morgan fingerprint density at radius 3 is 2.62 bits per heavy atom. The number of rotatable bonds is 4. The molecule has 5 heteroatoms. The Balaban J connectivity index is 1.38. The van der Waals surface area contributed by atoms with Crippen molar-refractivity contribution < 1.29 is 4.74 Å². The number of anilines is 1. The van der Waals surface area contributed by atoms with E-state index >= 15 is 0 Å². The van der Waals surface area contributed by atoms with Crippen LogP contribution in [0.15, 0.2) is 36.5 Å². The Labute approximate surface area is 160 Å². The minimum Gasteiger partial charge on any atom is -0.439 e. The predicted molar refractivity (Wildman–Crippen MR) is 107 cm³/mol. The van der Waals surface area contributed by atoms with Gasteiger partial charge in [0, 0.05) is 43.3 Å². The van der Waals surface area contributed by atoms with Gasteiger partial charge in [-0.3, -0.25) is 4.90 Å². The van der Waals surface area contributed by atoms with Crippen LogP contribution in [0.3, 0.4) is 0 Å². The molecule has 0 N–H and O–H groups in total. The summed E-state index contributed by atoms with van der Waals surface area (Å²) < 4.78 is 5.86. The van der Waals surface area contributed by atoms with Crippen LogP contribution in [0.4, 0.5) is 5.69 Å². The fraction of sp³-hybridized carbons (Fsp3) is 0.476. The average Bonchev–Trinajstić information content (AvgIpc) is 2.84. The molecule has 1 aromatic carbocycles. The van der Waals surface area contributed by atoms with Crippen molar-refractivity contribution in [3.05, 3.63) is 47.1 Å². The Morgan fingerprint density at radius 1 is 1.04 bits per heavy atom. The van der Waals surface area contributed by atoms with E-state index in [1.807, 2.05) is 37.4 Å². The molecule has 1 aliphatic heterocycles. The smallest absolute Gasteiger partial charge is 0.219 e. The van der Waals surface area contributed by atoms with Gasteiger partial charge in [-0.25, -0.2) is 4.98 Å². The molecule has 4 nitrogen and oxygen atoms in total. The van der Waals surface area contributed by atoms with Crippen molar-refractivity contribution in [2.24, 2.45) is 0 Å². The SMILES string of the molecule is Cc1cc(Oc2ccc(N3CCCN(C4CCC4)CC3)cn2)ccc1Cl. The number of nitrogens with zero attached hydrogens (tertiary/aromatic N) is 3. The molecule has 0 bridgehead atoms. The maximum atomic E-state index is 6.07. The predicted octanol–water partition coefficient (Wildman–Crippen LogP) is 4.90. The molecule has 1 saturated carbocycles. The van der Waals surface area contributed by atoms with Crippen molar-refractivity contribution in [3.8, 4) is 11.6 Å². The second kappa shape index (κ2) is 7.85. The number of aryl methyl sites for hydroxylation is 1. The van der Waals surface area contributed by atoms with Crippen LogP contribution in [-0.4, -0.2) is 42.1 Å². The molecule has 1 aromatic heterocycles. The van der Waals surface area contributed by atoms with Crippen molar-refractivity contribution in [1.29, 1.82) is 0 Å². The quantitative estimate of drug-likeness (QED) is 0.764. The standard InChI is InChI=1S/C21H26ClN3O/c1-16-14-19(7-8-20(16)22)26-21-9-6-18(15-23-21)25-11-3-10-24(12-13-25)17-4-2-5-17/h6-9,14-15,17H,2-5,10-13H2,1H3. The van der Waals surface area contributed by atoms with E-state index in [1.54, 1.807) is 0 Å². The van der Waals surface area contributed by atoms with Crippen LogP contribution in [0, 0.1) is 6.92 Å². The molecule has 4 rings (SSSR count). The number of hydrogen-bond acceptors (Lipinski definition) is 4. The topological polar surface area (TPSA) is 28.6 Å². The summed E-state index contributed by atoms with van der Waals surface area (Å²) in [5, 5.41) is 0.748. The molecule has 0 unspecified atom stereocenters. The third kappa shape index (κ3) is 3.97. The summed E-state index contributed by atoms with van der Waals surface area (Å²) in [6.45, 7) is 6.53. The summed E-state index contributed by atoms with van der Waals surface area (Å²) in [5.41, 5.74) is 2.18. The lowest BCUT2D eigenvalue weighted by Gasteiger charge is -2.36. The van der Waals surface area contributed by atoms with Gasteiger partial charge < -0.3 is 9.64 Å². The van der Waals surface area contributed by atoms with Gasteiger partial charge in [0.25, 0.3) is 0 Å². The average molecular weight is 372 g/mol. The zero-order chi connectivity index (χ0) is 17.9. The normalized spacial score (nSPS) is 19.1. The summed E-state index contributed by atoms with van der Waals surface area (Å²) in [4.78, 5) is 9.63. The van der Waals surface area contributed by atoms with Gasteiger partial charge in [0.2, 0.25) is 5.88 Å². The van der Waals surface area contributed by atoms with Gasteiger partial charge in [-0.15, -0.1) is 0 Å². The second-order valence-corrected chi connectivity index (χ2v) is 7.74. The number of ether oxygens (including phenoxy) is 1. The largest absolute Gasteiger partial charge is 0.439 e. The lowest BCUT2D eigenvalue weighted by atomic mass is 9.91. The van der Waals surface area contributed by atoms with E-state index in [-0.39, 0.29) is 0 Å². The summed E-state index contributed by atoms with van der Waals surface area (Å²) in [6.07, 6.45) is 7.33. The van der Waals surface area contributed by atoms with Crippen LogP contribution in [0.2, 0.25) is 5.02 Å². The van der Waals surface area contributed by atoms with Crippen LogP contribution in [0.5, 0.6) is 11.6 Å². The Kier molecular flexibility index (Phi) is 5.32. The molecule has 26 heavy (non-hydrogen) atoms. The number of aromatic nitrogens is 1. The third-order valence-electron chi connectivity index (χ3n) is 5.56. The third-order valence-corrected chi connectivity index (χ3v) is 5.98. The molecule has 1 saturated heterocycles. The van der Waals surface area contributed by atoms with Gasteiger partial charge in [0.15, 0.2) is 0 Å². The molecule has 0 spiro atoms. The molecule has 2 aromatic rings. The highest BCUT2D eigenvalue weighted by atomic mass is 35.5. The second-order valence-electron chi connectivity index (χ2n) is 7.33. The van der Waals surface area contributed by atoms with E-state index in [0.29, 0.717) is 5.88 Å². The van der Waals surface area contributed by atoms with Crippen molar-refractivity contribution in [3.63, 3.8) is 0 Å². The summed E-state index contributed by atoms with van der Waals surface area (Å²) in [5.74, 6) is 1.37.